The lowest BCUT2D eigenvalue weighted by molar-refractivity contribution is 0.103. The van der Waals surface area contributed by atoms with Gasteiger partial charge in [-0.2, -0.15) is 0 Å². The van der Waals surface area contributed by atoms with Gasteiger partial charge in [-0.05, 0) is 30.7 Å². The molecule has 0 heterocycles. The van der Waals surface area contributed by atoms with Crippen LogP contribution in [0.2, 0.25) is 0 Å². The third-order valence-electron chi connectivity index (χ3n) is 2.90. The molecule has 20 heavy (non-hydrogen) atoms. The highest BCUT2D eigenvalue weighted by atomic mass is 16.5. The summed E-state index contributed by atoms with van der Waals surface area (Å²) in [5, 5.41) is 0. The van der Waals surface area contributed by atoms with E-state index in [1.807, 2.05) is 31.2 Å². The number of methoxy groups -OCH3 is 1. The minimum Gasteiger partial charge on any atom is -0.497 e. The van der Waals surface area contributed by atoms with Crippen LogP contribution in [0.25, 0.3) is 0 Å². The lowest BCUT2D eigenvalue weighted by Crippen LogP contribution is -2.03. The van der Waals surface area contributed by atoms with Gasteiger partial charge in [0, 0.05) is 11.1 Å². The Balaban J connectivity index is 2.23. The van der Waals surface area contributed by atoms with Gasteiger partial charge in [-0.1, -0.05) is 31.2 Å². The Morgan fingerprint density at radius 2 is 1.60 bits per heavy atom. The zero-order valence-electron chi connectivity index (χ0n) is 11.8. The molecule has 0 saturated heterocycles. The maximum absolute atomic E-state index is 12.4. The number of carbonyl (C=O) groups excluding carboxylic acids is 1. The third-order valence-corrected chi connectivity index (χ3v) is 2.90. The molecule has 0 amide bonds. The van der Waals surface area contributed by atoms with Crippen LogP contribution >= 0.6 is 0 Å². The highest BCUT2D eigenvalue weighted by molar-refractivity contribution is 6.09. The van der Waals surface area contributed by atoms with Gasteiger partial charge in [0.05, 0.1) is 13.7 Å². The fraction of sp³-hybridized carbons (Fsp3) is 0.235. The molecule has 0 aliphatic rings. The van der Waals surface area contributed by atoms with Crippen LogP contribution in [0.1, 0.15) is 29.3 Å². The van der Waals surface area contributed by atoms with E-state index in [0.717, 1.165) is 12.2 Å². The molecule has 2 aromatic carbocycles. The molecular formula is C17H18O3. The monoisotopic (exact) mass is 270 g/mol. The van der Waals surface area contributed by atoms with Crippen molar-refractivity contribution < 1.29 is 14.3 Å². The summed E-state index contributed by atoms with van der Waals surface area (Å²) in [6, 6.07) is 14.4. The number of hydrogen-bond donors (Lipinski definition) is 0. The summed E-state index contributed by atoms with van der Waals surface area (Å²) in [5.74, 6) is 1.36. The van der Waals surface area contributed by atoms with Crippen LogP contribution in [0.15, 0.2) is 48.5 Å². The molecule has 0 atom stereocenters. The van der Waals surface area contributed by atoms with E-state index in [9.17, 15) is 4.79 Å². The SMILES string of the molecule is CCCOc1cccc(C(=O)c2cccc(OC)c2)c1. The van der Waals surface area contributed by atoms with Gasteiger partial charge in [-0.25, -0.2) is 0 Å². The molecule has 0 spiro atoms. The predicted molar refractivity (Wildman–Crippen MR) is 78.7 cm³/mol. The van der Waals surface area contributed by atoms with Crippen LogP contribution < -0.4 is 9.47 Å². The van der Waals surface area contributed by atoms with Crippen LogP contribution in [0.4, 0.5) is 0 Å². The van der Waals surface area contributed by atoms with E-state index in [1.165, 1.54) is 0 Å². The van der Waals surface area contributed by atoms with Gasteiger partial charge >= 0.3 is 0 Å². The Bertz CT molecular complexity index is 590. The summed E-state index contributed by atoms with van der Waals surface area (Å²) < 4.78 is 10.7. The Hall–Kier alpha value is -2.29. The summed E-state index contributed by atoms with van der Waals surface area (Å²) >= 11 is 0. The molecule has 0 N–H and O–H groups in total. The molecule has 2 aromatic rings. The molecule has 0 fully saturated rings. The smallest absolute Gasteiger partial charge is 0.193 e. The molecule has 2 rings (SSSR count). The number of hydrogen-bond acceptors (Lipinski definition) is 3. The van der Waals surface area contributed by atoms with Crippen LogP contribution in [-0.2, 0) is 0 Å². The fourth-order valence-electron chi connectivity index (χ4n) is 1.88. The molecule has 3 nitrogen and oxygen atoms in total. The number of rotatable bonds is 6. The van der Waals surface area contributed by atoms with Gasteiger partial charge in [0.1, 0.15) is 11.5 Å². The molecule has 0 saturated carbocycles. The third kappa shape index (κ3) is 3.38. The molecule has 0 aliphatic carbocycles. The van der Waals surface area contributed by atoms with Crippen LogP contribution in [0, 0.1) is 0 Å². The molecule has 3 heteroatoms. The van der Waals surface area contributed by atoms with Crippen molar-refractivity contribution in [2.75, 3.05) is 13.7 Å². The largest absolute Gasteiger partial charge is 0.497 e. The minimum absolute atomic E-state index is 0.0363. The average molecular weight is 270 g/mol. The second-order valence-corrected chi connectivity index (χ2v) is 4.44. The van der Waals surface area contributed by atoms with Gasteiger partial charge in [0.2, 0.25) is 0 Å². The van der Waals surface area contributed by atoms with Crippen molar-refractivity contribution >= 4 is 5.78 Å². The Morgan fingerprint density at radius 3 is 2.20 bits per heavy atom. The van der Waals surface area contributed by atoms with Crippen molar-refractivity contribution in [2.24, 2.45) is 0 Å². The number of ether oxygens (including phenoxy) is 2. The van der Waals surface area contributed by atoms with Gasteiger partial charge in [0.15, 0.2) is 5.78 Å². The minimum atomic E-state index is -0.0363. The summed E-state index contributed by atoms with van der Waals surface area (Å²) in [4.78, 5) is 12.4. The first-order valence-electron chi connectivity index (χ1n) is 6.66. The van der Waals surface area contributed by atoms with Crippen LogP contribution in [0.5, 0.6) is 11.5 Å². The number of carbonyl (C=O) groups is 1. The summed E-state index contributed by atoms with van der Waals surface area (Å²) in [7, 11) is 1.59. The molecular weight excluding hydrogens is 252 g/mol. The van der Waals surface area contributed by atoms with E-state index in [2.05, 4.69) is 0 Å². The zero-order valence-corrected chi connectivity index (χ0v) is 11.8. The van der Waals surface area contributed by atoms with E-state index in [0.29, 0.717) is 23.5 Å². The maximum Gasteiger partial charge on any atom is 0.193 e. The van der Waals surface area contributed by atoms with Crippen molar-refractivity contribution in [3.63, 3.8) is 0 Å². The lowest BCUT2D eigenvalue weighted by Gasteiger charge is -2.07. The second kappa shape index (κ2) is 6.75. The van der Waals surface area contributed by atoms with Crippen molar-refractivity contribution in [3.05, 3.63) is 59.7 Å². The predicted octanol–water partition coefficient (Wildman–Crippen LogP) is 3.72. The Kier molecular flexibility index (Phi) is 4.77. The Labute approximate surface area is 119 Å². The van der Waals surface area contributed by atoms with Crippen LogP contribution in [0.3, 0.4) is 0 Å². The highest BCUT2D eigenvalue weighted by Gasteiger charge is 2.10. The maximum atomic E-state index is 12.4. The molecule has 0 aromatic heterocycles. The van der Waals surface area contributed by atoms with E-state index in [-0.39, 0.29) is 5.78 Å². The summed E-state index contributed by atoms with van der Waals surface area (Å²) in [6.45, 7) is 2.70. The lowest BCUT2D eigenvalue weighted by atomic mass is 10.0. The highest BCUT2D eigenvalue weighted by Crippen LogP contribution is 2.19. The quantitative estimate of drug-likeness (QED) is 0.750. The van der Waals surface area contributed by atoms with Gasteiger partial charge in [-0.3, -0.25) is 4.79 Å². The molecule has 0 aliphatic heterocycles. The zero-order chi connectivity index (χ0) is 14.4. The normalized spacial score (nSPS) is 10.1. The van der Waals surface area contributed by atoms with E-state index < -0.39 is 0 Å². The van der Waals surface area contributed by atoms with Gasteiger partial charge in [-0.15, -0.1) is 0 Å². The average Bonchev–Trinajstić information content (AvgIpc) is 2.52. The van der Waals surface area contributed by atoms with Crippen molar-refractivity contribution in [2.45, 2.75) is 13.3 Å². The molecule has 0 bridgehead atoms. The standard InChI is InChI=1S/C17H18O3/c1-3-10-20-16-9-5-7-14(12-16)17(18)13-6-4-8-15(11-13)19-2/h4-9,11-12H,3,10H2,1-2H3. The fourth-order valence-corrected chi connectivity index (χ4v) is 1.88. The first-order valence-corrected chi connectivity index (χ1v) is 6.66. The number of ketones is 1. The topological polar surface area (TPSA) is 35.5 Å². The van der Waals surface area contributed by atoms with Crippen molar-refractivity contribution in [1.29, 1.82) is 0 Å². The summed E-state index contributed by atoms with van der Waals surface area (Å²) in [6.07, 6.45) is 0.939. The van der Waals surface area contributed by atoms with Crippen molar-refractivity contribution in [1.82, 2.24) is 0 Å². The Morgan fingerprint density at radius 1 is 1.00 bits per heavy atom. The van der Waals surface area contributed by atoms with Gasteiger partial charge < -0.3 is 9.47 Å². The molecule has 0 radical (unpaired) electrons. The first-order chi connectivity index (χ1) is 9.74. The van der Waals surface area contributed by atoms with Crippen LogP contribution in [-0.4, -0.2) is 19.5 Å². The first kappa shape index (κ1) is 14.1. The van der Waals surface area contributed by atoms with Crippen molar-refractivity contribution in [3.8, 4) is 11.5 Å². The molecule has 0 unspecified atom stereocenters. The van der Waals surface area contributed by atoms with E-state index in [1.54, 1.807) is 31.4 Å². The van der Waals surface area contributed by atoms with E-state index in [4.69, 9.17) is 9.47 Å². The second-order valence-electron chi connectivity index (χ2n) is 4.44. The van der Waals surface area contributed by atoms with Gasteiger partial charge in [0.25, 0.3) is 0 Å². The number of benzene rings is 2. The van der Waals surface area contributed by atoms with E-state index >= 15 is 0 Å². The molecule has 104 valence electrons. The summed E-state index contributed by atoms with van der Waals surface area (Å²) in [5.41, 5.74) is 1.23.